The molecule has 0 saturated carbocycles. The van der Waals surface area contributed by atoms with E-state index in [4.69, 9.17) is 4.74 Å². The van der Waals surface area contributed by atoms with Gasteiger partial charge in [-0.05, 0) is 61.6 Å². The maximum Gasteiger partial charge on any atom is 0.262 e. The lowest BCUT2D eigenvalue weighted by Crippen LogP contribution is -2.23. The summed E-state index contributed by atoms with van der Waals surface area (Å²) in [5.41, 5.74) is 2.84. The molecule has 0 saturated heterocycles. The number of nitrogens with zero attached hydrogens (tertiary/aromatic N) is 1. The van der Waals surface area contributed by atoms with Gasteiger partial charge in [-0.25, -0.2) is 0 Å². The van der Waals surface area contributed by atoms with Crippen LogP contribution in [0.3, 0.4) is 0 Å². The first kappa shape index (κ1) is 22.3. The molecule has 0 aliphatic heterocycles. The van der Waals surface area contributed by atoms with E-state index in [0.717, 1.165) is 26.5 Å². The van der Waals surface area contributed by atoms with Crippen LogP contribution in [0.4, 0.5) is 0 Å². The Balaban J connectivity index is 1.44. The highest BCUT2D eigenvalue weighted by Crippen LogP contribution is 2.29. The van der Waals surface area contributed by atoms with Crippen LogP contribution in [-0.2, 0) is 17.9 Å². The molecule has 0 unspecified atom stereocenters. The molecule has 0 atom stereocenters. The average molecular weight is 497 g/mol. The number of hydrogen-bond donors (Lipinski definition) is 1. The van der Waals surface area contributed by atoms with Crippen LogP contribution < -0.4 is 10.1 Å². The number of nitrogens with one attached hydrogen (secondary N) is 1. The molecule has 0 aliphatic carbocycles. The predicted octanol–water partition coefficient (Wildman–Crippen LogP) is 6.40. The van der Waals surface area contributed by atoms with Crippen molar-refractivity contribution in [2.24, 2.45) is 0 Å². The highest BCUT2D eigenvalue weighted by Gasteiger charge is 2.10. The molecule has 4 rings (SSSR count). The Bertz CT molecular complexity index is 1350. The summed E-state index contributed by atoms with van der Waals surface area (Å²) in [6, 6.07) is 31.4. The van der Waals surface area contributed by atoms with Crippen molar-refractivity contribution >= 4 is 38.7 Å². The molecule has 5 heteroatoms. The van der Waals surface area contributed by atoms with E-state index in [9.17, 15) is 10.1 Å². The Labute approximate surface area is 201 Å². The summed E-state index contributed by atoms with van der Waals surface area (Å²) in [5, 5.41) is 14.6. The summed E-state index contributed by atoms with van der Waals surface area (Å²) >= 11 is 3.54. The molecule has 0 aliphatic rings. The number of halogens is 1. The zero-order valence-corrected chi connectivity index (χ0v) is 19.4. The number of rotatable bonds is 7. The lowest BCUT2D eigenvalue weighted by Gasteiger charge is -2.11. The number of carbonyl (C=O) groups is 1. The molecule has 0 fully saturated rings. The van der Waals surface area contributed by atoms with Gasteiger partial charge in [-0.1, -0.05) is 78.9 Å². The van der Waals surface area contributed by atoms with E-state index in [1.165, 1.54) is 5.39 Å². The van der Waals surface area contributed by atoms with Gasteiger partial charge < -0.3 is 10.1 Å². The van der Waals surface area contributed by atoms with E-state index < -0.39 is 5.91 Å². The fraction of sp³-hybridized carbons (Fsp3) is 0.0714. The Kier molecular flexibility index (Phi) is 7.19. The predicted molar refractivity (Wildman–Crippen MR) is 134 cm³/mol. The van der Waals surface area contributed by atoms with Crippen molar-refractivity contribution in [1.82, 2.24) is 5.32 Å². The Morgan fingerprint density at radius 1 is 0.970 bits per heavy atom. The van der Waals surface area contributed by atoms with Gasteiger partial charge in [0.15, 0.2) is 0 Å². The van der Waals surface area contributed by atoms with Crippen molar-refractivity contribution in [2.75, 3.05) is 0 Å². The van der Waals surface area contributed by atoms with Crippen LogP contribution >= 0.6 is 15.9 Å². The fourth-order valence-corrected chi connectivity index (χ4v) is 4.00. The number of nitriles is 1. The van der Waals surface area contributed by atoms with E-state index in [2.05, 4.69) is 45.5 Å². The Morgan fingerprint density at radius 3 is 2.52 bits per heavy atom. The van der Waals surface area contributed by atoms with E-state index in [1.807, 2.05) is 72.8 Å². The van der Waals surface area contributed by atoms with Gasteiger partial charge in [0.1, 0.15) is 24.0 Å². The maximum absolute atomic E-state index is 12.4. The molecule has 4 aromatic rings. The number of ether oxygens (including phenoxy) is 1. The topological polar surface area (TPSA) is 62.1 Å². The smallest absolute Gasteiger partial charge is 0.262 e. The SMILES string of the molecule is N#C/C(=C/c1ccc(OCc2cccc3ccccc23)c(Br)c1)C(=O)NCc1ccccc1. The Morgan fingerprint density at radius 2 is 1.73 bits per heavy atom. The highest BCUT2D eigenvalue weighted by molar-refractivity contribution is 9.10. The van der Waals surface area contributed by atoms with Gasteiger partial charge in [-0.15, -0.1) is 0 Å². The summed E-state index contributed by atoms with van der Waals surface area (Å²) in [4.78, 5) is 12.4. The molecule has 0 aromatic heterocycles. The van der Waals surface area contributed by atoms with Crippen LogP contribution in [-0.4, -0.2) is 5.91 Å². The third-order valence-electron chi connectivity index (χ3n) is 5.19. The zero-order valence-electron chi connectivity index (χ0n) is 17.8. The van der Waals surface area contributed by atoms with E-state index >= 15 is 0 Å². The number of hydrogen-bond acceptors (Lipinski definition) is 3. The van der Waals surface area contributed by atoms with Gasteiger partial charge in [0.05, 0.1) is 4.47 Å². The summed E-state index contributed by atoms with van der Waals surface area (Å²) < 4.78 is 6.79. The van der Waals surface area contributed by atoms with Crippen molar-refractivity contribution < 1.29 is 9.53 Å². The third-order valence-corrected chi connectivity index (χ3v) is 5.81. The molecular formula is C28H21BrN2O2. The monoisotopic (exact) mass is 496 g/mol. The lowest BCUT2D eigenvalue weighted by atomic mass is 10.1. The molecule has 33 heavy (non-hydrogen) atoms. The van der Waals surface area contributed by atoms with E-state index in [0.29, 0.717) is 18.9 Å². The van der Waals surface area contributed by atoms with Crippen molar-refractivity contribution in [2.45, 2.75) is 13.2 Å². The molecule has 4 nitrogen and oxygen atoms in total. The van der Waals surface area contributed by atoms with Crippen molar-refractivity contribution in [1.29, 1.82) is 5.26 Å². The highest BCUT2D eigenvalue weighted by atomic mass is 79.9. The van der Waals surface area contributed by atoms with Crippen LogP contribution in [0, 0.1) is 11.3 Å². The first-order chi connectivity index (χ1) is 16.1. The molecule has 1 N–H and O–H groups in total. The molecule has 4 aromatic carbocycles. The van der Waals surface area contributed by atoms with Gasteiger partial charge in [-0.3, -0.25) is 4.79 Å². The van der Waals surface area contributed by atoms with Gasteiger partial charge >= 0.3 is 0 Å². The third kappa shape index (κ3) is 5.68. The quantitative estimate of drug-likeness (QED) is 0.237. The second kappa shape index (κ2) is 10.6. The minimum absolute atomic E-state index is 0.0438. The summed E-state index contributed by atoms with van der Waals surface area (Å²) in [7, 11) is 0. The molecule has 0 radical (unpaired) electrons. The zero-order chi connectivity index (χ0) is 23.0. The van der Waals surface area contributed by atoms with Crippen LogP contribution in [0.25, 0.3) is 16.8 Å². The summed E-state index contributed by atoms with van der Waals surface area (Å²) in [5.74, 6) is 0.279. The largest absolute Gasteiger partial charge is 0.488 e. The second-order valence-electron chi connectivity index (χ2n) is 7.45. The average Bonchev–Trinajstić information content (AvgIpc) is 2.86. The first-order valence-corrected chi connectivity index (χ1v) is 11.3. The standard InChI is InChI=1S/C28H21BrN2O2/c29-26-16-21(15-24(17-30)28(32)31-18-20-7-2-1-3-8-20)13-14-27(26)33-19-23-11-6-10-22-9-4-5-12-25(22)23/h1-16H,18-19H2,(H,31,32)/b24-15-. The molecule has 0 heterocycles. The molecule has 162 valence electrons. The minimum atomic E-state index is -0.409. The van der Waals surface area contributed by atoms with E-state index in [1.54, 1.807) is 6.08 Å². The van der Waals surface area contributed by atoms with Gasteiger partial charge in [0.2, 0.25) is 0 Å². The van der Waals surface area contributed by atoms with Crippen LogP contribution in [0.2, 0.25) is 0 Å². The van der Waals surface area contributed by atoms with Gasteiger partial charge in [0.25, 0.3) is 5.91 Å². The van der Waals surface area contributed by atoms with Crippen LogP contribution in [0.1, 0.15) is 16.7 Å². The fourth-order valence-electron chi connectivity index (χ4n) is 3.49. The Hall–Kier alpha value is -3.88. The van der Waals surface area contributed by atoms with Gasteiger partial charge in [-0.2, -0.15) is 5.26 Å². The van der Waals surface area contributed by atoms with Gasteiger partial charge in [0, 0.05) is 6.54 Å². The summed E-state index contributed by atoms with van der Waals surface area (Å²) in [6.45, 7) is 0.795. The van der Waals surface area contributed by atoms with Crippen LogP contribution in [0.5, 0.6) is 5.75 Å². The number of amides is 1. The normalized spacial score (nSPS) is 11.1. The van der Waals surface area contributed by atoms with E-state index in [-0.39, 0.29) is 5.57 Å². The number of carbonyl (C=O) groups excluding carboxylic acids is 1. The molecular weight excluding hydrogens is 476 g/mol. The van der Waals surface area contributed by atoms with Crippen LogP contribution in [0.15, 0.2) is 101 Å². The first-order valence-electron chi connectivity index (χ1n) is 10.5. The maximum atomic E-state index is 12.4. The number of fused-ring (bicyclic) bond motifs is 1. The number of benzene rings is 4. The summed E-state index contributed by atoms with van der Waals surface area (Å²) in [6.07, 6.45) is 1.57. The minimum Gasteiger partial charge on any atom is -0.488 e. The molecule has 1 amide bonds. The lowest BCUT2D eigenvalue weighted by molar-refractivity contribution is -0.117. The molecule has 0 spiro atoms. The van der Waals surface area contributed by atoms with Crippen molar-refractivity contribution in [3.05, 3.63) is 118 Å². The molecule has 0 bridgehead atoms. The van der Waals surface area contributed by atoms with Crippen molar-refractivity contribution in [3.8, 4) is 11.8 Å². The second-order valence-corrected chi connectivity index (χ2v) is 8.31. The van der Waals surface area contributed by atoms with Crippen molar-refractivity contribution in [3.63, 3.8) is 0 Å².